The number of likely N-dealkylation sites (N-methyl/N-ethyl adjacent to an activating group) is 1. The summed E-state index contributed by atoms with van der Waals surface area (Å²) < 4.78 is 31.7. The molecule has 0 aromatic heterocycles. The third-order valence-electron chi connectivity index (χ3n) is 3.60. The van der Waals surface area contributed by atoms with Crippen molar-refractivity contribution in [3.05, 3.63) is 29.8 Å². The fourth-order valence-corrected chi connectivity index (χ4v) is 3.50. The van der Waals surface area contributed by atoms with Crippen LogP contribution in [0.3, 0.4) is 0 Å². The molecule has 1 aliphatic rings. The predicted octanol–water partition coefficient (Wildman–Crippen LogP) is 1.51. The van der Waals surface area contributed by atoms with Crippen molar-refractivity contribution in [3.63, 3.8) is 0 Å². The summed E-state index contributed by atoms with van der Waals surface area (Å²) in [7, 11) is -1.86. The van der Waals surface area contributed by atoms with E-state index in [-0.39, 0.29) is 12.1 Å². The van der Waals surface area contributed by atoms with Gasteiger partial charge in [-0.25, -0.2) is 8.42 Å². The van der Waals surface area contributed by atoms with Crippen molar-refractivity contribution in [1.82, 2.24) is 4.31 Å². The molecule has 112 valence electrons. The summed E-state index contributed by atoms with van der Waals surface area (Å²) >= 11 is 0. The summed E-state index contributed by atoms with van der Waals surface area (Å²) in [6.07, 6.45) is 1.93. The minimum absolute atomic E-state index is 0.0121. The van der Waals surface area contributed by atoms with Crippen LogP contribution in [0.2, 0.25) is 0 Å². The van der Waals surface area contributed by atoms with Crippen LogP contribution < -0.4 is 5.73 Å². The van der Waals surface area contributed by atoms with Crippen molar-refractivity contribution in [2.45, 2.75) is 36.8 Å². The van der Waals surface area contributed by atoms with E-state index in [1.807, 2.05) is 6.92 Å². The van der Waals surface area contributed by atoms with Crippen LogP contribution in [-0.2, 0) is 14.8 Å². The molecule has 1 aromatic rings. The number of hydrogen-bond donors (Lipinski definition) is 1. The highest BCUT2D eigenvalue weighted by atomic mass is 32.2. The van der Waals surface area contributed by atoms with E-state index < -0.39 is 10.0 Å². The fraction of sp³-hybridized carbons (Fsp3) is 0.571. The molecule has 0 saturated carbocycles. The molecule has 0 aliphatic carbocycles. The Balaban J connectivity index is 2.11. The first kappa shape index (κ1) is 15.4. The van der Waals surface area contributed by atoms with E-state index in [2.05, 4.69) is 0 Å². The second kappa shape index (κ2) is 6.22. The molecule has 2 N–H and O–H groups in total. The molecular weight excluding hydrogens is 276 g/mol. The zero-order valence-electron chi connectivity index (χ0n) is 12.0. The molecular formula is C14H22N2O3S. The van der Waals surface area contributed by atoms with Gasteiger partial charge in [0.1, 0.15) is 0 Å². The maximum Gasteiger partial charge on any atom is 0.242 e. The zero-order valence-corrected chi connectivity index (χ0v) is 12.8. The third kappa shape index (κ3) is 3.38. The van der Waals surface area contributed by atoms with Crippen LogP contribution in [0.5, 0.6) is 0 Å². The lowest BCUT2D eigenvalue weighted by Crippen LogP contribution is -2.34. The number of nitrogens with two attached hydrogens (primary N) is 1. The number of benzene rings is 1. The lowest BCUT2D eigenvalue weighted by atomic mass is 10.1. The monoisotopic (exact) mass is 298 g/mol. The molecule has 6 heteroatoms. The maximum absolute atomic E-state index is 12.4. The molecule has 2 atom stereocenters. The zero-order chi connectivity index (χ0) is 14.8. The van der Waals surface area contributed by atoms with E-state index in [1.165, 1.54) is 4.31 Å². The molecule has 0 bridgehead atoms. The molecule has 1 saturated heterocycles. The molecule has 1 aliphatic heterocycles. The Hall–Kier alpha value is -0.950. The quantitative estimate of drug-likeness (QED) is 0.894. The largest absolute Gasteiger partial charge is 0.377 e. The lowest BCUT2D eigenvalue weighted by molar-refractivity contribution is 0.0979. The first-order valence-electron chi connectivity index (χ1n) is 6.85. The van der Waals surface area contributed by atoms with Crippen LogP contribution >= 0.6 is 0 Å². The molecule has 0 radical (unpaired) electrons. The van der Waals surface area contributed by atoms with Crippen molar-refractivity contribution >= 4 is 10.0 Å². The average molecular weight is 298 g/mol. The molecule has 2 rings (SSSR count). The number of sulfonamides is 1. The Morgan fingerprint density at radius 2 is 2.05 bits per heavy atom. The van der Waals surface area contributed by atoms with E-state index in [0.29, 0.717) is 11.4 Å². The normalized spacial score (nSPS) is 21.3. The summed E-state index contributed by atoms with van der Waals surface area (Å²) in [6.45, 7) is 2.99. The predicted molar refractivity (Wildman–Crippen MR) is 77.8 cm³/mol. The molecule has 1 aromatic carbocycles. The standard InChI is InChI=1S/C14H22N2O3S/c1-11(15)12-5-7-14(8-6-12)20(17,18)16(2)10-13-4-3-9-19-13/h5-8,11,13H,3-4,9-10,15H2,1-2H3. The van der Waals surface area contributed by atoms with Crippen LogP contribution in [-0.4, -0.2) is 39.0 Å². The Labute approximate surface area is 120 Å². The van der Waals surface area contributed by atoms with Gasteiger partial charge < -0.3 is 10.5 Å². The Morgan fingerprint density at radius 3 is 2.55 bits per heavy atom. The fourth-order valence-electron chi connectivity index (χ4n) is 2.30. The first-order chi connectivity index (χ1) is 9.41. The van der Waals surface area contributed by atoms with Gasteiger partial charge in [-0.05, 0) is 37.5 Å². The highest BCUT2D eigenvalue weighted by Gasteiger charge is 2.25. The molecule has 0 amide bonds. The van der Waals surface area contributed by atoms with Gasteiger partial charge in [-0.3, -0.25) is 0 Å². The molecule has 5 nitrogen and oxygen atoms in total. The number of hydrogen-bond acceptors (Lipinski definition) is 4. The minimum Gasteiger partial charge on any atom is -0.377 e. The summed E-state index contributed by atoms with van der Waals surface area (Å²) in [5.41, 5.74) is 6.69. The Morgan fingerprint density at radius 1 is 1.40 bits per heavy atom. The number of ether oxygens (including phenoxy) is 1. The Bertz CT molecular complexity index is 534. The van der Waals surface area contributed by atoms with Crippen LogP contribution in [0.15, 0.2) is 29.2 Å². The van der Waals surface area contributed by atoms with E-state index >= 15 is 0 Å². The maximum atomic E-state index is 12.4. The van der Waals surface area contributed by atoms with E-state index in [4.69, 9.17) is 10.5 Å². The molecule has 0 spiro atoms. The van der Waals surface area contributed by atoms with Crippen LogP contribution in [0, 0.1) is 0 Å². The van der Waals surface area contributed by atoms with Gasteiger partial charge in [0.2, 0.25) is 10.0 Å². The highest BCUT2D eigenvalue weighted by Crippen LogP contribution is 2.20. The van der Waals surface area contributed by atoms with Gasteiger partial charge in [-0.15, -0.1) is 0 Å². The number of rotatable bonds is 5. The molecule has 1 fully saturated rings. The lowest BCUT2D eigenvalue weighted by Gasteiger charge is -2.20. The smallest absolute Gasteiger partial charge is 0.242 e. The van der Waals surface area contributed by atoms with E-state index in [0.717, 1.165) is 25.0 Å². The molecule has 2 unspecified atom stereocenters. The number of nitrogens with zero attached hydrogens (tertiary/aromatic N) is 1. The third-order valence-corrected chi connectivity index (χ3v) is 5.44. The van der Waals surface area contributed by atoms with Gasteiger partial charge in [-0.2, -0.15) is 4.31 Å². The minimum atomic E-state index is -3.46. The van der Waals surface area contributed by atoms with E-state index in [1.54, 1.807) is 31.3 Å². The summed E-state index contributed by atoms with van der Waals surface area (Å²) in [5.74, 6) is 0. The van der Waals surface area contributed by atoms with Gasteiger partial charge in [-0.1, -0.05) is 12.1 Å². The summed E-state index contributed by atoms with van der Waals surface area (Å²) in [5, 5.41) is 0. The van der Waals surface area contributed by atoms with Gasteiger partial charge >= 0.3 is 0 Å². The Kier molecular flexibility index (Phi) is 4.80. The summed E-state index contributed by atoms with van der Waals surface area (Å²) in [4.78, 5) is 0.294. The van der Waals surface area contributed by atoms with E-state index in [9.17, 15) is 8.42 Å². The van der Waals surface area contributed by atoms with Gasteiger partial charge in [0.15, 0.2) is 0 Å². The second-order valence-electron chi connectivity index (χ2n) is 5.28. The highest BCUT2D eigenvalue weighted by molar-refractivity contribution is 7.89. The topological polar surface area (TPSA) is 72.6 Å². The van der Waals surface area contributed by atoms with Crippen molar-refractivity contribution in [2.24, 2.45) is 5.73 Å². The van der Waals surface area contributed by atoms with Crippen LogP contribution in [0.4, 0.5) is 0 Å². The van der Waals surface area contributed by atoms with Crippen molar-refractivity contribution in [2.75, 3.05) is 20.2 Å². The van der Waals surface area contributed by atoms with Crippen LogP contribution in [0.25, 0.3) is 0 Å². The second-order valence-corrected chi connectivity index (χ2v) is 7.32. The molecule has 20 heavy (non-hydrogen) atoms. The average Bonchev–Trinajstić information content (AvgIpc) is 2.91. The van der Waals surface area contributed by atoms with Crippen molar-refractivity contribution in [1.29, 1.82) is 0 Å². The van der Waals surface area contributed by atoms with Gasteiger partial charge in [0.05, 0.1) is 11.0 Å². The van der Waals surface area contributed by atoms with Gasteiger partial charge in [0.25, 0.3) is 0 Å². The van der Waals surface area contributed by atoms with Crippen molar-refractivity contribution in [3.8, 4) is 0 Å². The molecule has 1 heterocycles. The van der Waals surface area contributed by atoms with Gasteiger partial charge in [0, 0.05) is 26.2 Å². The van der Waals surface area contributed by atoms with Crippen molar-refractivity contribution < 1.29 is 13.2 Å². The SMILES string of the molecule is CC(N)c1ccc(S(=O)(=O)N(C)CC2CCCO2)cc1. The first-order valence-corrected chi connectivity index (χ1v) is 8.29. The van der Waals surface area contributed by atoms with Crippen LogP contribution in [0.1, 0.15) is 31.4 Å². The summed E-state index contributed by atoms with van der Waals surface area (Å²) in [6, 6.07) is 6.64.